The fourth-order valence-corrected chi connectivity index (χ4v) is 0.972. The van der Waals surface area contributed by atoms with E-state index in [0.29, 0.717) is 17.6 Å². The van der Waals surface area contributed by atoms with Crippen LogP contribution in [0.4, 0.5) is 0 Å². The van der Waals surface area contributed by atoms with Crippen LogP contribution in [0.3, 0.4) is 0 Å². The van der Waals surface area contributed by atoms with Gasteiger partial charge in [-0.3, -0.25) is 4.79 Å². The molecule has 1 rings (SSSR count). The number of ether oxygens (including phenoxy) is 2. The highest BCUT2D eigenvalue weighted by Crippen LogP contribution is 2.25. The summed E-state index contributed by atoms with van der Waals surface area (Å²) in [5, 5.41) is 16.7. The molecule has 0 heterocycles. The Morgan fingerprint density at radius 1 is 1.21 bits per heavy atom. The van der Waals surface area contributed by atoms with Gasteiger partial charge in [0.2, 0.25) is 0 Å². The Hall–Kier alpha value is -1.59. The van der Waals surface area contributed by atoms with E-state index in [1.165, 1.54) is 25.3 Å². The fourth-order valence-electron chi connectivity index (χ4n) is 0.972. The van der Waals surface area contributed by atoms with Gasteiger partial charge in [-0.05, 0) is 39.0 Å². The number of rotatable bonds is 4. The molecule has 0 aliphatic rings. The van der Waals surface area contributed by atoms with Gasteiger partial charge in [0.05, 0.1) is 7.11 Å². The number of phenols is 1. The summed E-state index contributed by atoms with van der Waals surface area (Å²) < 4.78 is 9.61. The maximum Gasteiger partial charge on any atom is 0.161 e. The molecule has 0 fully saturated rings. The van der Waals surface area contributed by atoms with Gasteiger partial charge in [0, 0.05) is 25.4 Å². The highest BCUT2D eigenvalue weighted by molar-refractivity contribution is 5.76. The summed E-state index contributed by atoms with van der Waals surface area (Å²) in [4.78, 5) is 10.2. The zero-order valence-corrected chi connectivity index (χ0v) is 12.0. The van der Waals surface area contributed by atoms with Crippen molar-refractivity contribution in [3.63, 3.8) is 0 Å². The molecule has 1 aromatic rings. The average molecular weight is 272 g/mol. The molecule has 0 aliphatic carbocycles. The standard InChI is InChI=1S/C8H8O3.C4H10O.C2H6O/c1-11-8-4-6(5-9)2-3-7(8)10;1-3-5-4-2;1-2-3/h2-5,10H,1H3;3-4H2,1-2H3;3H,2H2,1H3. The highest BCUT2D eigenvalue weighted by Gasteiger charge is 2.00. The molecule has 0 bridgehead atoms. The number of aldehydes is 1. The summed E-state index contributed by atoms with van der Waals surface area (Å²) in [6.45, 7) is 7.60. The summed E-state index contributed by atoms with van der Waals surface area (Å²) in [5.74, 6) is 0.354. The number of aliphatic hydroxyl groups is 1. The Bertz CT molecular complexity index is 324. The maximum absolute atomic E-state index is 10.2. The number of methoxy groups -OCH3 is 1. The van der Waals surface area contributed by atoms with Crippen molar-refractivity contribution >= 4 is 6.29 Å². The second kappa shape index (κ2) is 14.5. The summed E-state index contributed by atoms with van der Waals surface area (Å²) in [6.07, 6.45) is 0.696. The number of phenolic OH excluding ortho intramolecular Hbond substituents is 1. The van der Waals surface area contributed by atoms with Crippen molar-refractivity contribution in [3.05, 3.63) is 23.8 Å². The Morgan fingerprint density at radius 2 is 1.74 bits per heavy atom. The van der Waals surface area contributed by atoms with Gasteiger partial charge in [0.15, 0.2) is 11.5 Å². The molecule has 0 saturated heterocycles. The van der Waals surface area contributed by atoms with Crippen LogP contribution in [0.15, 0.2) is 18.2 Å². The van der Waals surface area contributed by atoms with E-state index in [1.807, 2.05) is 13.8 Å². The minimum Gasteiger partial charge on any atom is -0.504 e. The molecule has 2 N–H and O–H groups in total. The minimum absolute atomic E-state index is 0.0399. The van der Waals surface area contributed by atoms with Crippen molar-refractivity contribution in [2.24, 2.45) is 0 Å². The third-order valence-electron chi connectivity index (χ3n) is 1.75. The van der Waals surface area contributed by atoms with E-state index >= 15 is 0 Å². The van der Waals surface area contributed by atoms with E-state index in [4.69, 9.17) is 19.7 Å². The molecule has 0 amide bonds. The third-order valence-corrected chi connectivity index (χ3v) is 1.75. The van der Waals surface area contributed by atoms with Gasteiger partial charge in [-0.1, -0.05) is 0 Å². The summed E-state index contributed by atoms with van der Waals surface area (Å²) in [5.41, 5.74) is 0.486. The Kier molecular flexibility index (Phi) is 15.0. The van der Waals surface area contributed by atoms with Crippen molar-refractivity contribution in [2.45, 2.75) is 20.8 Å². The third kappa shape index (κ3) is 11.2. The average Bonchev–Trinajstić information content (AvgIpc) is 2.42. The van der Waals surface area contributed by atoms with Crippen molar-refractivity contribution in [3.8, 4) is 11.5 Å². The topological polar surface area (TPSA) is 76.0 Å². The SMILES string of the molecule is CCO.CCOCC.COc1cc(C=O)ccc1O. The lowest BCUT2D eigenvalue weighted by atomic mass is 10.2. The number of carbonyl (C=O) groups excluding carboxylic acids is 1. The van der Waals surface area contributed by atoms with Crippen molar-refractivity contribution < 1.29 is 24.5 Å². The fraction of sp³-hybridized carbons (Fsp3) is 0.500. The summed E-state index contributed by atoms with van der Waals surface area (Å²) >= 11 is 0. The van der Waals surface area contributed by atoms with Crippen LogP contribution in [0.5, 0.6) is 11.5 Å². The van der Waals surface area contributed by atoms with Crippen molar-refractivity contribution in [1.29, 1.82) is 0 Å². The molecule has 0 spiro atoms. The number of carbonyl (C=O) groups is 1. The first-order valence-corrected chi connectivity index (χ1v) is 6.11. The second-order valence-electron chi connectivity index (χ2n) is 3.15. The van der Waals surface area contributed by atoms with Gasteiger partial charge in [-0.2, -0.15) is 0 Å². The largest absolute Gasteiger partial charge is 0.504 e. The first kappa shape index (κ1) is 19.7. The lowest BCUT2D eigenvalue weighted by Gasteiger charge is -2.01. The van der Waals surface area contributed by atoms with Gasteiger partial charge >= 0.3 is 0 Å². The smallest absolute Gasteiger partial charge is 0.161 e. The molecular weight excluding hydrogens is 248 g/mol. The van der Waals surface area contributed by atoms with Crippen LogP contribution in [0.25, 0.3) is 0 Å². The minimum atomic E-state index is 0.0399. The monoisotopic (exact) mass is 272 g/mol. The van der Waals surface area contributed by atoms with E-state index in [9.17, 15) is 4.79 Å². The molecule has 5 nitrogen and oxygen atoms in total. The van der Waals surface area contributed by atoms with Crippen LogP contribution in [0, 0.1) is 0 Å². The predicted octanol–water partition coefficient (Wildman–Crippen LogP) is 2.25. The second-order valence-corrected chi connectivity index (χ2v) is 3.15. The van der Waals surface area contributed by atoms with Crippen LogP contribution < -0.4 is 4.74 Å². The van der Waals surface area contributed by atoms with Crippen LogP contribution in [0.2, 0.25) is 0 Å². The van der Waals surface area contributed by atoms with Gasteiger partial charge < -0.3 is 19.7 Å². The number of hydrogen-bond donors (Lipinski definition) is 2. The summed E-state index contributed by atoms with van der Waals surface area (Å²) in [7, 11) is 1.43. The lowest BCUT2D eigenvalue weighted by Crippen LogP contribution is -1.85. The lowest BCUT2D eigenvalue weighted by molar-refractivity contribution is 0.112. The Labute approximate surface area is 114 Å². The normalized spacial score (nSPS) is 8.47. The van der Waals surface area contributed by atoms with Crippen LogP contribution in [-0.2, 0) is 4.74 Å². The molecular formula is C14H24O5. The van der Waals surface area contributed by atoms with Crippen molar-refractivity contribution in [1.82, 2.24) is 0 Å². The highest BCUT2D eigenvalue weighted by atomic mass is 16.5. The summed E-state index contributed by atoms with van der Waals surface area (Å²) in [6, 6.07) is 4.41. The maximum atomic E-state index is 10.2. The van der Waals surface area contributed by atoms with E-state index < -0.39 is 0 Å². The molecule has 5 heteroatoms. The number of benzene rings is 1. The molecule has 0 saturated carbocycles. The molecule has 0 unspecified atom stereocenters. The predicted molar refractivity (Wildman–Crippen MR) is 75.0 cm³/mol. The first-order chi connectivity index (χ1) is 9.10. The number of aliphatic hydroxyl groups excluding tert-OH is 1. The Balaban J connectivity index is 0. The number of aromatic hydroxyl groups is 1. The molecule has 0 radical (unpaired) electrons. The molecule has 1 aromatic carbocycles. The van der Waals surface area contributed by atoms with Crippen molar-refractivity contribution in [2.75, 3.05) is 26.9 Å². The van der Waals surface area contributed by atoms with Gasteiger partial charge in [0.25, 0.3) is 0 Å². The van der Waals surface area contributed by atoms with E-state index in [2.05, 4.69) is 0 Å². The van der Waals surface area contributed by atoms with E-state index in [-0.39, 0.29) is 12.4 Å². The quantitative estimate of drug-likeness (QED) is 0.822. The zero-order chi connectivity index (χ0) is 15.1. The first-order valence-electron chi connectivity index (χ1n) is 6.11. The molecule has 0 atom stereocenters. The van der Waals surface area contributed by atoms with Gasteiger partial charge in [-0.25, -0.2) is 0 Å². The van der Waals surface area contributed by atoms with Gasteiger partial charge in [-0.15, -0.1) is 0 Å². The van der Waals surface area contributed by atoms with Crippen LogP contribution >= 0.6 is 0 Å². The molecule has 110 valence electrons. The van der Waals surface area contributed by atoms with E-state index in [1.54, 1.807) is 6.92 Å². The molecule has 0 aromatic heterocycles. The number of hydrogen-bond acceptors (Lipinski definition) is 5. The van der Waals surface area contributed by atoms with Crippen LogP contribution in [-0.4, -0.2) is 43.4 Å². The molecule has 19 heavy (non-hydrogen) atoms. The van der Waals surface area contributed by atoms with Crippen LogP contribution in [0.1, 0.15) is 31.1 Å². The van der Waals surface area contributed by atoms with Gasteiger partial charge in [0.1, 0.15) is 6.29 Å². The zero-order valence-electron chi connectivity index (χ0n) is 12.0. The Morgan fingerprint density at radius 3 is 2.05 bits per heavy atom. The molecule has 0 aliphatic heterocycles. The van der Waals surface area contributed by atoms with E-state index in [0.717, 1.165) is 13.2 Å².